The third kappa shape index (κ3) is 5.26. The summed E-state index contributed by atoms with van der Waals surface area (Å²) in [5.74, 6) is 1.57. The van der Waals surface area contributed by atoms with Gasteiger partial charge in [-0.25, -0.2) is 4.39 Å². The Balaban J connectivity index is 1.47. The highest BCUT2D eigenvalue weighted by Crippen LogP contribution is 2.33. The lowest BCUT2D eigenvalue weighted by Gasteiger charge is -2.27. The van der Waals surface area contributed by atoms with Gasteiger partial charge in [0.25, 0.3) is 0 Å². The van der Waals surface area contributed by atoms with E-state index in [0.717, 1.165) is 29.5 Å². The van der Waals surface area contributed by atoms with E-state index in [2.05, 4.69) is 36.2 Å². The summed E-state index contributed by atoms with van der Waals surface area (Å²) in [5, 5.41) is 0. The van der Waals surface area contributed by atoms with Gasteiger partial charge in [0.15, 0.2) is 0 Å². The highest BCUT2D eigenvalue weighted by molar-refractivity contribution is 5.58. The maximum atomic E-state index is 13.0. The van der Waals surface area contributed by atoms with Gasteiger partial charge in [0.1, 0.15) is 5.82 Å². The van der Waals surface area contributed by atoms with E-state index in [1.54, 1.807) is 12.1 Å². The monoisotopic (exact) mass is 337 g/mol. The van der Waals surface area contributed by atoms with E-state index in [1.807, 2.05) is 6.20 Å². The summed E-state index contributed by atoms with van der Waals surface area (Å²) in [6.45, 7) is 2.11. The summed E-state index contributed by atoms with van der Waals surface area (Å²) >= 11 is 0. The van der Waals surface area contributed by atoms with Crippen LogP contribution in [0.1, 0.15) is 51.0 Å². The molecule has 0 radical (unpaired) electrons. The van der Waals surface area contributed by atoms with Crippen LogP contribution >= 0.6 is 0 Å². The number of hydrogen-bond donors (Lipinski definition) is 0. The molecule has 1 heterocycles. The first-order valence-corrected chi connectivity index (χ1v) is 9.56. The van der Waals surface area contributed by atoms with E-state index in [1.165, 1.54) is 56.2 Å². The molecule has 2 aromatic rings. The molecule has 0 amide bonds. The number of aromatic nitrogens is 1. The molecule has 0 saturated heterocycles. The van der Waals surface area contributed by atoms with Crippen LogP contribution in [0.4, 0.5) is 4.39 Å². The van der Waals surface area contributed by atoms with Crippen LogP contribution in [0.5, 0.6) is 0 Å². The SMILES string of the molecule is C/C=C/CC1CCC(CCc2ccc(-c3ccc(F)cc3)nc2)CC1. The molecule has 0 atom stereocenters. The average molecular weight is 337 g/mol. The van der Waals surface area contributed by atoms with Crippen molar-refractivity contribution < 1.29 is 4.39 Å². The minimum absolute atomic E-state index is 0.208. The fourth-order valence-corrected chi connectivity index (χ4v) is 3.82. The molecule has 1 aromatic heterocycles. The number of aryl methyl sites for hydroxylation is 1. The Bertz CT molecular complexity index is 664. The van der Waals surface area contributed by atoms with E-state index in [-0.39, 0.29) is 5.82 Å². The lowest BCUT2D eigenvalue weighted by atomic mass is 9.78. The van der Waals surface area contributed by atoms with Gasteiger partial charge in [-0.15, -0.1) is 0 Å². The van der Waals surface area contributed by atoms with Crippen LogP contribution in [0.2, 0.25) is 0 Å². The quantitative estimate of drug-likeness (QED) is 0.542. The summed E-state index contributed by atoms with van der Waals surface area (Å²) in [7, 11) is 0. The van der Waals surface area contributed by atoms with Crippen molar-refractivity contribution in [3.63, 3.8) is 0 Å². The molecular weight excluding hydrogens is 309 g/mol. The average Bonchev–Trinajstić information content (AvgIpc) is 2.67. The normalized spacial score (nSPS) is 20.9. The van der Waals surface area contributed by atoms with E-state index in [9.17, 15) is 4.39 Å². The summed E-state index contributed by atoms with van der Waals surface area (Å²) in [4.78, 5) is 4.56. The van der Waals surface area contributed by atoms with Crippen LogP contribution in [0.25, 0.3) is 11.3 Å². The summed E-state index contributed by atoms with van der Waals surface area (Å²) < 4.78 is 13.0. The first kappa shape index (κ1) is 17.8. The van der Waals surface area contributed by atoms with Gasteiger partial charge >= 0.3 is 0 Å². The van der Waals surface area contributed by atoms with E-state index in [0.29, 0.717) is 0 Å². The van der Waals surface area contributed by atoms with Crippen LogP contribution in [0, 0.1) is 17.7 Å². The van der Waals surface area contributed by atoms with Crippen molar-refractivity contribution in [3.8, 4) is 11.3 Å². The number of benzene rings is 1. The summed E-state index contributed by atoms with van der Waals surface area (Å²) in [6.07, 6.45) is 15.7. The zero-order valence-corrected chi connectivity index (χ0v) is 15.1. The molecule has 0 bridgehead atoms. The first-order chi connectivity index (χ1) is 12.2. The zero-order chi connectivity index (χ0) is 17.5. The molecule has 2 heteroatoms. The van der Waals surface area contributed by atoms with Gasteiger partial charge in [-0.2, -0.15) is 0 Å². The zero-order valence-electron chi connectivity index (χ0n) is 15.1. The Morgan fingerprint density at radius 3 is 2.36 bits per heavy atom. The van der Waals surface area contributed by atoms with Crippen molar-refractivity contribution in [1.29, 1.82) is 0 Å². The van der Waals surface area contributed by atoms with Gasteiger partial charge in [0.05, 0.1) is 5.69 Å². The number of allylic oxidation sites excluding steroid dienone is 2. The number of pyridine rings is 1. The predicted octanol–water partition coefficient (Wildman–Crippen LogP) is 6.59. The van der Waals surface area contributed by atoms with Crippen molar-refractivity contribution in [1.82, 2.24) is 4.98 Å². The first-order valence-electron chi connectivity index (χ1n) is 9.56. The van der Waals surface area contributed by atoms with Crippen LogP contribution in [0.3, 0.4) is 0 Å². The van der Waals surface area contributed by atoms with E-state index >= 15 is 0 Å². The Morgan fingerprint density at radius 1 is 1.00 bits per heavy atom. The molecule has 0 N–H and O–H groups in total. The van der Waals surface area contributed by atoms with E-state index < -0.39 is 0 Å². The lowest BCUT2D eigenvalue weighted by molar-refractivity contribution is 0.265. The second-order valence-corrected chi connectivity index (χ2v) is 7.29. The summed E-state index contributed by atoms with van der Waals surface area (Å²) in [5.41, 5.74) is 3.18. The van der Waals surface area contributed by atoms with Crippen LogP contribution in [-0.4, -0.2) is 4.98 Å². The molecule has 25 heavy (non-hydrogen) atoms. The number of nitrogens with zero attached hydrogens (tertiary/aromatic N) is 1. The third-order valence-corrected chi connectivity index (χ3v) is 5.48. The molecule has 0 spiro atoms. The Hall–Kier alpha value is -1.96. The van der Waals surface area contributed by atoms with Crippen molar-refractivity contribution in [2.75, 3.05) is 0 Å². The maximum absolute atomic E-state index is 13.0. The molecular formula is C23H28FN. The minimum atomic E-state index is -0.208. The smallest absolute Gasteiger partial charge is 0.123 e. The van der Waals surface area contributed by atoms with E-state index in [4.69, 9.17) is 0 Å². The van der Waals surface area contributed by atoms with Gasteiger partial charge in [-0.3, -0.25) is 4.98 Å². The standard InChI is InChI=1S/C23H28FN/c1-2-3-4-18-5-7-19(8-6-18)9-10-20-11-16-23(25-17-20)21-12-14-22(24)15-13-21/h2-3,11-19H,4-10H2,1H3/b3-2+. The molecule has 0 aliphatic heterocycles. The van der Waals surface area contributed by atoms with Crippen LogP contribution in [-0.2, 0) is 6.42 Å². The molecule has 0 unspecified atom stereocenters. The second kappa shape index (κ2) is 8.94. The summed E-state index contributed by atoms with van der Waals surface area (Å²) in [6, 6.07) is 10.8. The van der Waals surface area contributed by atoms with Gasteiger partial charge in [0, 0.05) is 11.8 Å². The number of hydrogen-bond acceptors (Lipinski definition) is 1. The highest BCUT2D eigenvalue weighted by Gasteiger charge is 2.20. The molecule has 132 valence electrons. The molecule has 1 aromatic carbocycles. The highest BCUT2D eigenvalue weighted by atomic mass is 19.1. The van der Waals surface area contributed by atoms with Crippen molar-refractivity contribution in [2.45, 2.75) is 51.9 Å². The van der Waals surface area contributed by atoms with Gasteiger partial charge < -0.3 is 0 Å². The molecule has 1 aliphatic carbocycles. The third-order valence-electron chi connectivity index (χ3n) is 5.48. The number of rotatable bonds is 6. The fraction of sp³-hybridized carbons (Fsp3) is 0.435. The Kier molecular flexibility index (Phi) is 6.38. The van der Waals surface area contributed by atoms with Gasteiger partial charge in [-0.1, -0.05) is 31.1 Å². The number of halogens is 1. The molecule has 1 saturated carbocycles. The molecule has 1 aliphatic rings. The fourth-order valence-electron chi connectivity index (χ4n) is 3.82. The second-order valence-electron chi connectivity index (χ2n) is 7.29. The predicted molar refractivity (Wildman–Crippen MR) is 103 cm³/mol. The van der Waals surface area contributed by atoms with Gasteiger partial charge in [0.2, 0.25) is 0 Å². The Morgan fingerprint density at radius 2 is 1.72 bits per heavy atom. The maximum Gasteiger partial charge on any atom is 0.123 e. The Labute approximate surface area is 151 Å². The lowest BCUT2D eigenvalue weighted by Crippen LogP contribution is -2.14. The largest absolute Gasteiger partial charge is 0.256 e. The van der Waals surface area contributed by atoms with Crippen LogP contribution < -0.4 is 0 Å². The van der Waals surface area contributed by atoms with Crippen molar-refractivity contribution >= 4 is 0 Å². The van der Waals surface area contributed by atoms with Crippen molar-refractivity contribution in [3.05, 3.63) is 66.1 Å². The molecule has 1 fully saturated rings. The molecule has 1 nitrogen and oxygen atoms in total. The van der Waals surface area contributed by atoms with Gasteiger partial charge in [-0.05, 0) is 86.8 Å². The van der Waals surface area contributed by atoms with Crippen molar-refractivity contribution in [2.24, 2.45) is 11.8 Å². The molecule has 3 rings (SSSR count). The van der Waals surface area contributed by atoms with Crippen LogP contribution in [0.15, 0.2) is 54.7 Å². The topological polar surface area (TPSA) is 12.9 Å². The minimum Gasteiger partial charge on any atom is -0.256 e.